The Kier molecular flexibility index (Phi) is 6.41. The van der Waals surface area contributed by atoms with Crippen LogP contribution in [0.15, 0.2) is 60.2 Å². The van der Waals surface area contributed by atoms with Crippen LogP contribution in [0.3, 0.4) is 0 Å². The lowest BCUT2D eigenvalue weighted by atomic mass is 9.82. The maximum atomic E-state index is 13.7. The fraction of sp³-hybridized carbons (Fsp3) is 0.280. The first-order chi connectivity index (χ1) is 15.7. The smallest absolute Gasteiger partial charge is 0.275 e. The lowest BCUT2D eigenvalue weighted by Gasteiger charge is -2.35. The molecule has 1 fully saturated rings. The van der Waals surface area contributed by atoms with Crippen LogP contribution in [0.2, 0.25) is 10.0 Å². The Morgan fingerprint density at radius 2 is 1.64 bits per heavy atom. The summed E-state index contributed by atoms with van der Waals surface area (Å²) >= 11 is 12.2. The van der Waals surface area contributed by atoms with Crippen molar-refractivity contribution in [3.05, 3.63) is 81.4 Å². The zero-order valence-electron chi connectivity index (χ0n) is 18.1. The zero-order chi connectivity index (χ0) is 23.9. The SMILES string of the molecule is CC1=CC[C@@H]2C(=O)N(N(C(=O)c3ccccc3Cl)[C@H](C)C(=O)c3ccc(Cl)cc3)C(=O)[C@H]2C1. The van der Waals surface area contributed by atoms with Crippen molar-refractivity contribution in [2.75, 3.05) is 0 Å². The zero-order valence-corrected chi connectivity index (χ0v) is 19.6. The molecule has 6 nitrogen and oxygen atoms in total. The van der Waals surface area contributed by atoms with Crippen molar-refractivity contribution < 1.29 is 19.2 Å². The monoisotopic (exact) mass is 484 g/mol. The fourth-order valence-corrected chi connectivity index (χ4v) is 4.74. The molecule has 170 valence electrons. The molecular formula is C25H22Cl2N2O4. The van der Waals surface area contributed by atoms with E-state index in [0.717, 1.165) is 15.6 Å². The molecule has 0 N–H and O–H groups in total. The molecule has 4 rings (SSSR count). The Hall–Kier alpha value is -2.96. The number of rotatable bonds is 5. The molecular weight excluding hydrogens is 463 g/mol. The van der Waals surface area contributed by atoms with E-state index in [1.807, 2.05) is 13.0 Å². The van der Waals surface area contributed by atoms with Crippen LogP contribution in [-0.4, -0.2) is 39.6 Å². The number of carbonyl (C=O) groups excluding carboxylic acids is 4. The quantitative estimate of drug-likeness (QED) is 0.341. The molecule has 8 heteroatoms. The van der Waals surface area contributed by atoms with Crippen LogP contribution < -0.4 is 0 Å². The number of carbonyl (C=O) groups is 4. The number of ketones is 1. The highest BCUT2D eigenvalue weighted by Gasteiger charge is 2.53. The van der Waals surface area contributed by atoms with Gasteiger partial charge in [0, 0.05) is 10.6 Å². The molecule has 0 spiro atoms. The van der Waals surface area contributed by atoms with E-state index < -0.39 is 41.4 Å². The van der Waals surface area contributed by atoms with Gasteiger partial charge in [0.1, 0.15) is 6.04 Å². The van der Waals surface area contributed by atoms with Gasteiger partial charge in [-0.25, -0.2) is 5.01 Å². The van der Waals surface area contributed by atoms with Gasteiger partial charge in [0.05, 0.1) is 22.4 Å². The number of hydrogen-bond donors (Lipinski definition) is 0. The summed E-state index contributed by atoms with van der Waals surface area (Å²) in [5.74, 6) is -3.20. The van der Waals surface area contributed by atoms with Crippen molar-refractivity contribution in [1.29, 1.82) is 0 Å². The highest BCUT2D eigenvalue weighted by Crippen LogP contribution is 2.39. The number of allylic oxidation sites excluding steroid dienone is 2. The molecule has 3 amide bonds. The van der Waals surface area contributed by atoms with E-state index in [0.29, 0.717) is 23.4 Å². The van der Waals surface area contributed by atoms with Gasteiger partial charge in [-0.15, -0.1) is 0 Å². The molecule has 0 saturated carbocycles. The summed E-state index contributed by atoms with van der Waals surface area (Å²) < 4.78 is 0. The van der Waals surface area contributed by atoms with E-state index in [4.69, 9.17) is 23.2 Å². The van der Waals surface area contributed by atoms with Crippen LogP contribution in [0.1, 0.15) is 47.4 Å². The number of fused-ring (bicyclic) bond motifs is 1. The number of imide groups is 1. The summed E-state index contributed by atoms with van der Waals surface area (Å²) in [6, 6.07) is 11.4. The summed E-state index contributed by atoms with van der Waals surface area (Å²) in [5.41, 5.74) is 1.42. The Morgan fingerprint density at radius 3 is 2.30 bits per heavy atom. The molecule has 1 aliphatic heterocycles. The molecule has 1 saturated heterocycles. The van der Waals surface area contributed by atoms with Crippen LogP contribution >= 0.6 is 23.2 Å². The van der Waals surface area contributed by atoms with E-state index in [1.165, 1.54) is 13.0 Å². The Morgan fingerprint density at radius 1 is 1.00 bits per heavy atom. The number of nitrogens with zero attached hydrogens (tertiary/aromatic N) is 2. The molecule has 2 aromatic rings. The van der Waals surface area contributed by atoms with Crippen molar-refractivity contribution in [2.24, 2.45) is 11.8 Å². The average molecular weight is 485 g/mol. The lowest BCUT2D eigenvalue weighted by molar-refractivity contribution is -0.156. The van der Waals surface area contributed by atoms with Crippen LogP contribution in [0.4, 0.5) is 0 Å². The van der Waals surface area contributed by atoms with E-state index >= 15 is 0 Å². The van der Waals surface area contributed by atoms with Crippen molar-refractivity contribution in [3.63, 3.8) is 0 Å². The number of Topliss-reactive ketones (excluding diaryl/α,β-unsaturated/α-hetero) is 1. The Bertz CT molecular complexity index is 1180. The van der Waals surface area contributed by atoms with Crippen LogP contribution in [0.25, 0.3) is 0 Å². The van der Waals surface area contributed by atoms with E-state index in [2.05, 4.69) is 0 Å². The summed E-state index contributed by atoms with van der Waals surface area (Å²) in [7, 11) is 0. The van der Waals surface area contributed by atoms with E-state index in [-0.39, 0.29) is 10.6 Å². The third-order valence-corrected chi connectivity index (χ3v) is 6.78. The molecule has 1 aliphatic carbocycles. The van der Waals surface area contributed by atoms with Crippen molar-refractivity contribution in [3.8, 4) is 0 Å². The minimum absolute atomic E-state index is 0.0969. The van der Waals surface area contributed by atoms with Gasteiger partial charge in [-0.3, -0.25) is 19.2 Å². The predicted octanol–water partition coefficient (Wildman–Crippen LogP) is 4.96. The van der Waals surface area contributed by atoms with Crippen LogP contribution in [0.5, 0.6) is 0 Å². The Balaban J connectivity index is 1.76. The molecule has 33 heavy (non-hydrogen) atoms. The fourth-order valence-electron chi connectivity index (χ4n) is 4.40. The summed E-state index contributed by atoms with van der Waals surface area (Å²) in [4.78, 5) is 53.7. The van der Waals surface area contributed by atoms with E-state index in [9.17, 15) is 19.2 Å². The van der Waals surface area contributed by atoms with Gasteiger partial charge in [0.2, 0.25) is 0 Å². The average Bonchev–Trinajstić information content (AvgIpc) is 3.04. The first kappa shape index (κ1) is 23.2. The molecule has 1 heterocycles. The lowest BCUT2D eigenvalue weighted by Crippen LogP contribution is -2.56. The Labute approximate surface area is 201 Å². The highest BCUT2D eigenvalue weighted by atomic mass is 35.5. The maximum Gasteiger partial charge on any atom is 0.275 e. The summed E-state index contributed by atoms with van der Waals surface area (Å²) in [5, 5.41) is 2.45. The predicted molar refractivity (Wildman–Crippen MR) is 125 cm³/mol. The first-order valence-electron chi connectivity index (χ1n) is 10.6. The van der Waals surface area contributed by atoms with Gasteiger partial charge in [0.15, 0.2) is 5.78 Å². The van der Waals surface area contributed by atoms with Crippen molar-refractivity contribution >= 4 is 46.7 Å². The van der Waals surface area contributed by atoms with Crippen molar-refractivity contribution in [1.82, 2.24) is 10.0 Å². The van der Waals surface area contributed by atoms with Gasteiger partial charge in [-0.05, 0) is 63.1 Å². The second-order valence-electron chi connectivity index (χ2n) is 8.37. The molecule has 0 unspecified atom stereocenters. The third-order valence-electron chi connectivity index (χ3n) is 6.20. The number of benzene rings is 2. The van der Waals surface area contributed by atoms with E-state index in [1.54, 1.807) is 42.5 Å². The normalized spacial score (nSPS) is 20.8. The van der Waals surface area contributed by atoms with Gasteiger partial charge in [-0.2, -0.15) is 5.01 Å². The molecule has 0 bridgehead atoms. The van der Waals surface area contributed by atoms with Gasteiger partial charge in [-0.1, -0.05) is 47.0 Å². The second-order valence-corrected chi connectivity index (χ2v) is 9.21. The van der Waals surface area contributed by atoms with Crippen LogP contribution in [0, 0.1) is 11.8 Å². The standard InChI is InChI=1S/C25H22Cl2N2O4/c1-14-7-12-18-20(13-14)25(33)29(23(18)31)28(24(32)19-5-3-4-6-21(19)27)15(2)22(30)16-8-10-17(26)11-9-16/h3-11,15,18,20H,12-13H2,1-2H3/t15-,18+,20+/m1/s1. The maximum absolute atomic E-state index is 13.7. The number of hydrogen-bond acceptors (Lipinski definition) is 4. The molecule has 0 aromatic heterocycles. The highest BCUT2D eigenvalue weighted by molar-refractivity contribution is 6.34. The summed E-state index contributed by atoms with van der Waals surface area (Å²) in [6.07, 6.45) is 2.81. The number of amides is 3. The number of hydrazine groups is 1. The van der Waals surface area contributed by atoms with Gasteiger partial charge in [0.25, 0.3) is 17.7 Å². The topological polar surface area (TPSA) is 74.8 Å². The van der Waals surface area contributed by atoms with Gasteiger partial charge >= 0.3 is 0 Å². The summed E-state index contributed by atoms with van der Waals surface area (Å²) in [6.45, 7) is 3.41. The molecule has 2 aliphatic rings. The molecule has 3 atom stereocenters. The molecule has 2 aromatic carbocycles. The third kappa shape index (κ3) is 4.21. The van der Waals surface area contributed by atoms with Gasteiger partial charge < -0.3 is 0 Å². The minimum Gasteiger partial charge on any atom is -0.292 e. The molecule has 0 radical (unpaired) electrons. The largest absolute Gasteiger partial charge is 0.292 e. The minimum atomic E-state index is -1.14. The first-order valence-corrected chi connectivity index (χ1v) is 11.4. The van der Waals surface area contributed by atoms with Crippen LogP contribution in [-0.2, 0) is 9.59 Å². The number of halogens is 2. The van der Waals surface area contributed by atoms with Crippen molar-refractivity contribution in [2.45, 2.75) is 32.7 Å². The second kappa shape index (κ2) is 9.12.